The minimum absolute atomic E-state index is 0.958. The number of rotatable bonds is 5. The first-order valence-corrected chi connectivity index (χ1v) is 6.99. The number of aryl methyl sites for hydroxylation is 1. The first-order chi connectivity index (χ1) is 9.20. The Morgan fingerprint density at radius 2 is 2.05 bits per heavy atom. The molecule has 1 aliphatic heterocycles. The maximum Gasteiger partial charge on any atom is 0.121 e. The summed E-state index contributed by atoms with van der Waals surface area (Å²) in [6, 6.07) is 6.37. The molecule has 0 saturated carbocycles. The average Bonchev–Trinajstić information content (AvgIpc) is 2.45. The summed E-state index contributed by atoms with van der Waals surface area (Å²) >= 11 is 0. The molecule has 1 fully saturated rings. The third-order valence-corrected chi connectivity index (χ3v) is 3.78. The zero-order valence-electron chi connectivity index (χ0n) is 12.3. The van der Waals surface area contributed by atoms with Crippen molar-refractivity contribution in [3.8, 4) is 5.75 Å². The second kappa shape index (κ2) is 6.78. The molecule has 19 heavy (non-hydrogen) atoms. The van der Waals surface area contributed by atoms with E-state index in [4.69, 9.17) is 4.74 Å². The molecule has 1 aromatic rings. The molecule has 2 rings (SSSR count). The van der Waals surface area contributed by atoms with Gasteiger partial charge in [0.05, 0.1) is 7.11 Å². The molecule has 0 amide bonds. The maximum absolute atomic E-state index is 5.30. The number of benzene rings is 1. The van der Waals surface area contributed by atoms with Gasteiger partial charge in [-0.2, -0.15) is 0 Å². The summed E-state index contributed by atoms with van der Waals surface area (Å²) in [6.45, 7) is 8.84. The summed E-state index contributed by atoms with van der Waals surface area (Å²) in [5, 5.41) is 3.38. The lowest BCUT2D eigenvalue weighted by molar-refractivity contribution is 0.246. The van der Waals surface area contributed by atoms with E-state index in [0.717, 1.165) is 45.0 Å². The Balaban J connectivity index is 1.88. The number of piperazine rings is 1. The molecule has 1 aromatic carbocycles. The lowest BCUT2D eigenvalue weighted by Crippen LogP contribution is -2.46. The topological polar surface area (TPSA) is 27.7 Å². The summed E-state index contributed by atoms with van der Waals surface area (Å²) in [7, 11) is 3.87. The van der Waals surface area contributed by atoms with Gasteiger partial charge in [0, 0.05) is 52.0 Å². The highest BCUT2D eigenvalue weighted by atomic mass is 16.5. The van der Waals surface area contributed by atoms with Gasteiger partial charge in [-0.15, -0.1) is 0 Å². The van der Waals surface area contributed by atoms with Crippen molar-refractivity contribution in [2.75, 3.05) is 58.3 Å². The number of ether oxygens (including phenoxy) is 1. The third kappa shape index (κ3) is 3.85. The molecule has 0 unspecified atom stereocenters. The Labute approximate surface area is 116 Å². The molecule has 4 heteroatoms. The Kier molecular flexibility index (Phi) is 5.05. The zero-order valence-corrected chi connectivity index (χ0v) is 12.3. The van der Waals surface area contributed by atoms with Crippen LogP contribution in [0.1, 0.15) is 5.56 Å². The van der Waals surface area contributed by atoms with Crippen molar-refractivity contribution in [2.45, 2.75) is 6.92 Å². The average molecular weight is 263 g/mol. The van der Waals surface area contributed by atoms with Crippen LogP contribution in [0.2, 0.25) is 0 Å². The first kappa shape index (κ1) is 14.2. The second-order valence-electron chi connectivity index (χ2n) is 5.17. The van der Waals surface area contributed by atoms with Gasteiger partial charge < -0.3 is 15.0 Å². The van der Waals surface area contributed by atoms with Crippen LogP contribution in [0.3, 0.4) is 0 Å². The van der Waals surface area contributed by atoms with Crippen molar-refractivity contribution in [1.29, 1.82) is 0 Å². The van der Waals surface area contributed by atoms with E-state index in [9.17, 15) is 0 Å². The number of hydrogen-bond acceptors (Lipinski definition) is 4. The van der Waals surface area contributed by atoms with Crippen molar-refractivity contribution in [3.05, 3.63) is 23.8 Å². The summed E-state index contributed by atoms with van der Waals surface area (Å²) in [5.74, 6) is 0.958. The number of likely N-dealkylation sites (N-methyl/N-ethyl adjacent to an activating group) is 1. The van der Waals surface area contributed by atoms with Gasteiger partial charge in [-0.05, 0) is 30.7 Å². The number of anilines is 1. The van der Waals surface area contributed by atoms with E-state index in [1.54, 1.807) is 7.11 Å². The molecule has 0 radical (unpaired) electrons. The second-order valence-corrected chi connectivity index (χ2v) is 5.17. The van der Waals surface area contributed by atoms with Crippen LogP contribution in [0.25, 0.3) is 0 Å². The first-order valence-electron chi connectivity index (χ1n) is 6.99. The molecule has 106 valence electrons. The molecule has 0 atom stereocenters. The summed E-state index contributed by atoms with van der Waals surface area (Å²) in [6.07, 6.45) is 0. The van der Waals surface area contributed by atoms with Gasteiger partial charge in [0.1, 0.15) is 5.75 Å². The normalized spacial score (nSPS) is 16.4. The van der Waals surface area contributed by atoms with Gasteiger partial charge in [-0.3, -0.25) is 4.90 Å². The van der Waals surface area contributed by atoms with Crippen LogP contribution in [0, 0.1) is 6.92 Å². The van der Waals surface area contributed by atoms with Crippen LogP contribution in [0.15, 0.2) is 18.2 Å². The number of nitrogens with zero attached hydrogens (tertiary/aromatic N) is 2. The molecule has 4 nitrogen and oxygen atoms in total. The van der Waals surface area contributed by atoms with Gasteiger partial charge in [0.15, 0.2) is 0 Å². The number of hydrogen-bond donors (Lipinski definition) is 1. The molecule has 0 spiro atoms. The summed E-state index contributed by atoms with van der Waals surface area (Å²) < 4.78 is 5.30. The van der Waals surface area contributed by atoms with E-state index in [-0.39, 0.29) is 0 Å². The zero-order chi connectivity index (χ0) is 13.7. The van der Waals surface area contributed by atoms with Crippen molar-refractivity contribution < 1.29 is 4.74 Å². The Hall–Kier alpha value is -1.26. The van der Waals surface area contributed by atoms with E-state index < -0.39 is 0 Å². The molecule has 1 aliphatic rings. The molecular weight excluding hydrogens is 238 g/mol. The van der Waals surface area contributed by atoms with Gasteiger partial charge in [-0.25, -0.2) is 0 Å². The van der Waals surface area contributed by atoms with Crippen LogP contribution in [-0.2, 0) is 0 Å². The van der Waals surface area contributed by atoms with Crippen molar-refractivity contribution >= 4 is 5.69 Å². The minimum atomic E-state index is 0.958. The smallest absolute Gasteiger partial charge is 0.121 e. The van der Waals surface area contributed by atoms with E-state index >= 15 is 0 Å². The highest BCUT2D eigenvalue weighted by molar-refractivity contribution is 5.52. The minimum Gasteiger partial charge on any atom is -0.496 e. The molecule has 0 aromatic heterocycles. The van der Waals surface area contributed by atoms with Gasteiger partial charge in [-0.1, -0.05) is 0 Å². The van der Waals surface area contributed by atoms with Crippen LogP contribution >= 0.6 is 0 Å². The molecule has 0 aliphatic carbocycles. The maximum atomic E-state index is 5.30. The molecule has 1 heterocycles. The Bertz CT molecular complexity index is 402. The lowest BCUT2D eigenvalue weighted by Gasteiger charge is -2.29. The molecule has 1 N–H and O–H groups in total. The Morgan fingerprint density at radius 1 is 1.32 bits per heavy atom. The fraction of sp³-hybridized carbons (Fsp3) is 0.600. The van der Waals surface area contributed by atoms with Crippen molar-refractivity contribution in [1.82, 2.24) is 10.2 Å². The van der Waals surface area contributed by atoms with Crippen LogP contribution in [0.4, 0.5) is 5.69 Å². The quantitative estimate of drug-likeness (QED) is 0.868. The highest BCUT2D eigenvalue weighted by Crippen LogP contribution is 2.23. The largest absolute Gasteiger partial charge is 0.496 e. The number of nitrogens with one attached hydrogen (secondary N) is 1. The van der Waals surface area contributed by atoms with E-state index in [0.29, 0.717) is 0 Å². The number of methoxy groups -OCH3 is 1. The molecular formula is C15H25N3O. The standard InChI is InChI=1S/C15H25N3O/c1-13-12-14(4-5-15(13)19-3)17(2)10-11-18-8-6-16-7-9-18/h4-5,12,16H,6-11H2,1-3H3. The van der Waals surface area contributed by atoms with E-state index in [1.165, 1.54) is 11.3 Å². The molecule has 1 saturated heterocycles. The third-order valence-electron chi connectivity index (χ3n) is 3.78. The van der Waals surface area contributed by atoms with E-state index in [2.05, 4.69) is 41.2 Å². The monoisotopic (exact) mass is 263 g/mol. The predicted molar refractivity (Wildman–Crippen MR) is 80.3 cm³/mol. The van der Waals surface area contributed by atoms with Gasteiger partial charge in [0.2, 0.25) is 0 Å². The fourth-order valence-electron chi connectivity index (χ4n) is 2.46. The van der Waals surface area contributed by atoms with Crippen LogP contribution < -0.4 is 15.0 Å². The lowest BCUT2D eigenvalue weighted by atomic mass is 10.2. The van der Waals surface area contributed by atoms with Crippen molar-refractivity contribution in [3.63, 3.8) is 0 Å². The predicted octanol–water partition coefficient (Wildman–Crippen LogP) is 1.35. The molecule has 0 bridgehead atoms. The summed E-state index contributed by atoms with van der Waals surface area (Å²) in [5.41, 5.74) is 2.45. The van der Waals surface area contributed by atoms with E-state index in [1.807, 2.05) is 6.07 Å². The van der Waals surface area contributed by atoms with Gasteiger partial charge in [0.25, 0.3) is 0 Å². The fourth-order valence-corrected chi connectivity index (χ4v) is 2.46. The summed E-state index contributed by atoms with van der Waals surface area (Å²) in [4.78, 5) is 4.83. The van der Waals surface area contributed by atoms with Gasteiger partial charge >= 0.3 is 0 Å². The van der Waals surface area contributed by atoms with Crippen LogP contribution in [0.5, 0.6) is 5.75 Å². The Morgan fingerprint density at radius 3 is 2.68 bits per heavy atom. The van der Waals surface area contributed by atoms with Crippen molar-refractivity contribution in [2.24, 2.45) is 0 Å². The SMILES string of the molecule is COc1ccc(N(C)CCN2CCNCC2)cc1C. The van der Waals surface area contributed by atoms with Crippen LogP contribution in [-0.4, -0.2) is 58.3 Å². The highest BCUT2D eigenvalue weighted by Gasteiger charge is 2.10.